The van der Waals surface area contributed by atoms with Gasteiger partial charge in [-0.25, -0.2) is 0 Å². The molecule has 0 bridgehead atoms. The predicted octanol–water partition coefficient (Wildman–Crippen LogP) is 9.23. The minimum atomic E-state index is 0.180. The Hall–Kier alpha value is -1.80. The molecule has 0 radical (unpaired) electrons. The van der Waals surface area contributed by atoms with E-state index >= 15 is 0 Å². The van der Waals surface area contributed by atoms with Crippen LogP contribution in [-0.4, -0.2) is 10.6 Å². The lowest BCUT2D eigenvalue weighted by atomic mass is 9.84. The molecule has 0 N–H and O–H groups in total. The molecule has 174 valence electrons. The van der Waals surface area contributed by atoms with E-state index in [1.165, 1.54) is 56.9 Å². The smallest absolute Gasteiger partial charge is 0.168 e. The van der Waals surface area contributed by atoms with Crippen molar-refractivity contribution in [1.82, 2.24) is 0 Å². The van der Waals surface area contributed by atoms with Crippen molar-refractivity contribution in [2.45, 2.75) is 97.8 Å². The second kappa shape index (κ2) is 15.1. The number of hydrogen-bond acceptors (Lipinski definition) is 2. The Balaban J connectivity index is 2.06. The summed E-state index contributed by atoms with van der Waals surface area (Å²) in [7, 11) is 0. The summed E-state index contributed by atoms with van der Waals surface area (Å²) in [6.45, 7) is 6.70. The molecule has 1 nitrogen and oxygen atoms in total. The third-order valence-corrected chi connectivity index (χ3v) is 6.85. The van der Waals surface area contributed by atoms with Crippen LogP contribution < -0.4 is 0 Å². The molecule has 0 fully saturated rings. The van der Waals surface area contributed by atoms with Crippen molar-refractivity contribution in [2.75, 3.05) is 0 Å². The standard InChI is InChI=1S/C30H42OS/c1-4-6-7-8-9-10-11-13-17-24(3)28(22-26-18-14-12-15-19-26)30(32)27-21-20-25(16-5-2)23-29(27)31/h12,14-15,18-22,24H,4-11,13,16-17,23H2,1-3H3. The lowest BCUT2D eigenvalue weighted by molar-refractivity contribution is -0.114. The van der Waals surface area contributed by atoms with Gasteiger partial charge in [0.1, 0.15) is 0 Å². The number of thiocarbonyl (C=S) groups is 1. The maximum absolute atomic E-state index is 12.9. The van der Waals surface area contributed by atoms with Crippen LogP contribution in [0.3, 0.4) is 0 Å². The van der Waals surface area contributed by atoms with Gasteiger partial charge in [0.25, 0.3) is 0 Å². The van der Waals surface area contributed by atoms with Crippen LogP contribution in [0.15, 0.2) is 59.2 Å². The summed E-state index contributed by atoms with van der Waals surface area (Å²) >= 11 is 5.93. The summed E-state index contributed by atoms with van der Waals surface area (Å²) in [6, 6.07) is 10.4. The summed E-state index contributed by atoms with van der Waals surface area (Å²) in [5.41, 5.74) is 4.24. The summed E-state index contributed by atoms with van der Waals surface area (Å²) in [5, 5.41) is 0. The number of ketones is 1. The molecule has 32 heavy (non-hydrogen) atoms. The van der Waals surface area contributed by atoms with Gasteiger partial charge in [-0.3, -0.25) is 4.79 Å². The van der Waals surface area contributed by atoms with Crippen LogP contribution >= 0.6 is 12.2 Å². The number of carbonyl (C=O) groups is 1. The maximum atomic E-state index is 12.9. The first-order valence-electron chi connectivity index (χ1n) is 12.8. The van der Waals surface area contributed by atoms with Crippen molar-refractivity contribution < 1.29 is 4.79 Å². The zero-order chi connectivity index (χ0) is 23.2. The van der Waals surface area contributed by atoms with Crippen LogP contribution in [0, 0.1) is 5.92 Å². The van der Waals surface area contributed by atoms with Crippen molar-refractivity contribution in [1.29, 1.82) is 0 Å². The van der Waals surface area contributed by atoms with Gasteiger partial charge < -0.3 is 0 Å². The van der Waals surface area contributed by atoms with Gasteiger partial charge in [0.2, 0.25) is 0 Å². The number of hydrogen-bond donors (Lipinski definition) is 0. The highest BCUT2D eigenvalue weighted by Gasteiger charge is 2.23. The highest BCUT2D eigenvalue weighted by molar-refractivity contribution is 7.81. The fraction of sp³-hybridized carbons (Fsp3) is 0.533. The molecule has 0 aromatic heterocycles. The van der Waals surface area contributed by atoms with Crippen LogP contribution in [0.5, 0.6) is 0 Å². The summed E-state index contributed by atoms with van der Waals surface area (Å²) in [5.74, 6) is 0.525. The SMILES string of the molecule is CCCCCCCCCCC(C)C(=Cc1ccccc1)C(=S)C1=CC=C(CCC)CC1=O. The van der Waals surface area contributed by atoms with Gasteiger partial charge in [-0.05, 0) is 36.0 Å². The molecular weight excluding hydrogens is 408 g/mol. The van der Waals surface area contributed by atoms with Gasteiger partial charge >= 0.3 is 0 Å². The third kappa shape index (κ3) is 8.98. The van der Waals surface area contributed by atoms with E-state index in [1.807, 2.05) is 12.1 Å². The topological polar surface area (TPSA) is 17.1 Å². The first-order chi connectivity index (χ1) is 15.6. The van der Waals surface area contributed by atoms with Crippen molar-refractivity contribution in [3.63, 3.8) is 0 Å². The number of allylic oxidation sites excluding steroid dienone is 5. The van der Waals surface area contributed by atoms with Crippen molar-refractivity contribution in [3.05, 3.63) is 64.8 Å². The third-order valence-electron chi connectivity index (χ3n) is 6.40. The van der Waals surface area contributed by atoms with E-state index in [-0.39, 0.29) is 5.78 Å². The number of unbranched alkanes of at least 4 members (excludes halogenated alkanes) is 7. The minimum Gasteiger partial charge on any atom is -0.294 e. The Morgan fingerprint density at radius 2 is 1.59 bits per heavy atom. The fourth-order valence-corrected chi connectivity index (χ4v) is 4.85. The van der Waals surface area contributed by atoms with E-state index < -0.39 is 0 Å². The predicted molar refractivity (Wildman–Crippen MR) is 144 cm³/mol. The van der Waals surface area contributed by atoms with E-state index in [0.717, 1.165) is 40.8 Å². The van der Waals surface area contributed by atoms with E-state index in [0.29, 0.717) is 12.3 Å². The van der Waals surface area contributed by atoms with E-state index in [1.54, 1.807) is 0 Å². The van der Waals surface area contributed by atoms with Crippen molar-refractivity contribution >= 4 is 28.9 Å². The van der Waals surface area contributed by atoms with Crippen LogP contribution in [0.2, 0.25) is 0 Å². The van der Waals surface area contributed by atoms with Gasteiger partial charge in [-0.1, -0.05) is 139 Å². The number of rotatable bonds is 15. The molecule has 0 spiro atoms. The number of carbonyl (C=O) groups excluding carboxylic acids is 1. The molecule has 0 aliphatic heterocycles. The molecule has 2 rings (SSSR count). The molecule has 0 amide bonds. The molecular formula is C30H42OS. The minimum absolute atomic E-state index is 0.180. The van der Waals surface area contributed by atoms with Crippen LogP contribution in [0.4, 0.5) is 0 Å². The van der Waals surface area contributed by atoms with Gasteiger partial charge in [0, 0.05) is 12.0 Å². The molecule has 0 saturated carbocycles. The Bertz CT molecular complexity index is 812. The van der Waals surface area contributed by atoms with Crippen LogP contribution in [0.1, 0.15) is 103 Å². The van der Waals surface area contributed by atoms with Gasteiger partial charge in [0.05, 0.1) is 4.86 Å². The Kier molecular flexibility index (Phi) is 12.5. The molecule has 2 heteroatoms. The molecule has 1 aliphatic carbocycles. The lowest BCUT2D eigenvalue weighted by Gasteiger charge is -2.21. The van der Waals surface area contributed by atoms with E-state index in [9.17, 15) is 4.79 Å². The van der Waals surface area contributed by atoms with Gasteiger partial charge in [-0.15, -0.1) is 0 Å². The zero-order valence-electron chi connectivity index (χ0n) is 20.5. The number of benzene rings is 1. The Labute approximate surface area is 202 Å². The number of Topliss-reactive ketones (excluding diaryl/α,β-unsaturated/α-hetero) is 1. The van der Waals surface area contributed by atoms with E-state index in [2.05, 4.69) is 57.2 Å². The molecule has 1 aromatic carbocycles. The monoisotopic (exact) mass is 450 g/mol. The largest absolute Gasteiger partial charge is 0.294 e. The normalized spacial score (nSPS) is 15.3. The fourth-order valence-electron chi connectivity index (χ4n) is 4.41. The Morgan fingerprint density at radius 1 is 0.938 bits per heavy atom. The van der Waals surface area contributed by atoms with Crippen LogP contribution in [0.25, 0.3) is 6.08 Å². The highest BCUT2D eigenvalue weighted by atomic mass is 32.1. The van der Waals surface area contributed by atoms with Crippen molar-refractivity contribution in [3.8, 4) is 0 Å². The maximum Gasteiger partial charge on any atom is 0.168 e. The van der Waals surface area contributed by atoms with Gasteiger partial charge in [0.15, 0.2) is 5.78 Å². The quantitative estimate of drug-likeness (QED) is 0.150. The average Bonchev–Trinajstić information content (AvgIpc) is 2.79. The average molecular weight is 451 g/mol. The summed E-state index contributed by atoms with van der Waals surface area (Å²) < 4.78 is 0. The molecule has 1 aliphatic rings. The van der Waals surface area contributed by atoms with Crippen LogP contribution in [-0.2, 0) is 4.79 Å². The first-order valence-corrected chi connectivity index (χ1v) is 13.2. The molecule has 0 saturated heterocycles. The lowest BCUT2D eigenvalue weighted by Crippen LogP contribution is -2.19. The molecule has 0 heterocycles. The van der Waals surface area contributed by atoms with Crippen molar-refractivity contribution in [2.24, 2.45) is 5.92 Å². The highest BCUT2D eigenvalue weighted by Crippen LogP contribution is 2.29. The molecule has 1 unspecified atom stereocenters. The summed E-state index contributed by atoms with van der Waals surface area (Å²) in [6.07, 6.45) is 20.6. The second-order valence-corrected chi connectivity index (χ2v) is 9.67. The Morgan fingerprint density at radius 3 is 2.22 bits per heavy atom. The molecule has 1 atom stereocenters. The van der Waals surface area contributed by atoms with E-state index in [4.69, 9.17) is 12.2 Å². The molecule has 1 aromatic rings. The second-order valence-electron chi connectivity index (χ2n) is 9.26. The zero-order valence-corrected chi connectivity index (χ0v) is 21.3. The van der Waals surface area contributed by atoms with Gasteiger partial charge in [-0.2, -0.15) is 0 Å². The summed E-state index contributed by atoms with van der Waals surface area (Å²) in [4.78, 5) is 13.6. The first kappa shape index (κ1) is 26.5.